The molecule has 0 bridgehead atoms. The van der Waals surface area contributed by atoms with E-state index < -0.39 is 18.0 Å². The second-order valence-corrected chi connectivity index (χ2v) is 5.50. The summed E-state index contributed by atoms with van der Waals surface area (Å²) in [7, 11) is 0. The number of ether oxygens (including phenoxy) is 1. The number of esters is 1. The van der Waals surface area contributed by atoms with Crippen LogP contribution in [0.25, 0.3) is 0 Å². The minimum Gasteiger partial charge on any atom is -0.449 e. The Hall–Kier alpha value is -3.13. The number of amides is 1. The van der Waals surface area contributed by atoms with Crippen molar-refractivity contribution in [1.82, 2.24) is 0 Å². The normalized spacial score (nSPS) is 11.2. The molecule has 0 radical (unpaired) electrons. The fraction of sp³-hybridized carbons (Fsp3) is 0.211. The van der Waals surface area contributed by atoms with Crippen LogP contribution in [0.1, 0.15) is 34.0 Å². The maximum atomic E-state index is 12.3. The molecule has 1 atom stereocenters. The summed E-state index contributed by atoms with van der Waals surface area (Å²) in [5, 5.41) is 11.7. The molecule has 5 heteroatoms. The molecule has 2 aromatic carbocycles. The number of aryl methyl sites for hydroxylation is 2. The monoisotopic (exact) mass is 322 g/mol. The molecule has 0 aliphatic rings. The van der Waals surface area contributed by atoms with Gasteiger partial charge in [-0.25, -0.2) is 4.79 Å². The summed E-state index contributed by atoms with van der Waals surface area (Å²) in [5.74, 6) is -1.05. The van der Waals surface area contributed by atoms with Crippen molar-refractivity contribution in [3.05, 3.63) is 64.7 Å². The first kappa shape index (κ1) is 17.2. The van der Waals surface area contributed by atoms with Crippen molar-refractivity contribution < 1.29 is 14.3 Å². The molecule has 5 nitrogen and oxygen atoms in total. The molecule has 2 aromatic rings. The molecule has 0 saturated carbocycles. The Bertz CT molecular complexity index is 801. The summed E-state index contributed by atoms with van der Waals surface area (Å²) in [4.78, 5) is 24.4. The Labute approximate surface area is 140 Å². The van der Waals surface area contributed by atoms with Gasteiger partial charge in [-0.3, -0.25) is 4.79 Å². The first-order chi connectivity index (χ1) is 11.4. The van der Waals surface area contributed by atoms with Crippen molar-refractivity contribution in [3.63, 3.8) is 0 Å². The summed E-state index contributed by atoms with van der Waals surface area (Å²) in [6.07, 6.45) is -0.956. The Balaban J connectivity index is 2.06. The van der Waals surface area contributed by atoms with Crippen LogP contribution < -0.4 is 5.32 Å². The average molecular weight is 322 g/mol. The molecule has 122 valence electrons. The maximum absolute atomic E-state index is 12.3. The van der Waals surface area contributed by atoms with Gasteiger partial charge in [-0.15, -0.1) is 0 Å². The van der Waals surface area contributed by atoms with Crippen molar-refractivity contribution in [2.24, 2.45) is 0 Å². The number of carbonyl (C=O) groups is 2. The van der Waals surface area contributed by atoms with E-state index in [0.29, 0.717) is 5.56 Å². The van der Waals surface area contributed by atoms with Crippen molar-refractivity contribution in [2.75, 3.05) is 5.32 Å². The number of nitriles is 1. The minimum atomic E-state index is -0.956. The highest BCUT2D eigenvalue weighted by Crippen LogP contribution is 2.20. The van der Waals surface area contributed by atoms with Gasteiger partial charge in [0.05, 0.1) is 17.2 Å². The molecular weight excluding hydrogens is 304 g/mol. The van der Waals surface area contributed by atoms with Crippen LogP contribution in [-0.2, 0) is 9.53 Å². The molecule has 0 spiro atoms. The fourth-order valence-electron chi connectivity index (χ4n) is 2.23. The summed E-state index contributed by atoms with van der Waals surface area (Å²) >= 11 is 0. The highest BCUT2D eigenvalue weighted by molar-refractivity contribution is 5.98. The maximum Gasteiger partial charge on any atom is 0.338 e. The molecule has 0 heterocycles. The van der Waals surface area contributed by atoms with Crippen molar-refractivity contribution in [1.29, 1.82) is 5.26 Å². The predicted octanol–water partition coefficient (Wildman–Crippen LogP) is 3.36. The quantitative estimate of drug-likeness (QED) is 0.875. The molecule has 1 amide bonds. The third-order valence-electron chi connectivity index (χ3n) is 3.61. The lowest BCUT2D eigenvalue weighted by molar-refractivity contribution is -0.123. The van der Waals surface area contributed by atoms with Gasteiger partial charge < -0.3 is 10.1 Å². The fourth-order valence-corrected chi connectivity index (χ4v) is 2.23. The number of nitrogens with zero attached hydrogens (tertiary/aromatic N) is 1. The number of hydrogen-bond donors (Lipinski definition) is 1. The Morgan fingerprint density at radius 3 is 2.38 bits per heavy atom. The number of para-hydroxylation sites is 1. The lowest BCUT2D eigenvalue weighted by Crippen LogP contribution is -2.30. The van der Waals surface area contributed by atoms with Gasteiger partial charge in [0.15, 0.2) is 6.10 Å². The van der Waals surface area contributed by atoms with E-state index in [1.54, 1.807) is 18.2 Å². The van der Waals surface area contributed by atoms with E-state index in [4.69, 9.17) is 10.00 Å². The molecule has 1 N–H and O–H groups in total. The number of rotatable bonds is 4. The molecule has 0 aromatic heterocycles. The molecule has 0 fully saturated rings. The van der Waals surface area contributed by atoms with Crippen LogP contribution in [0.2, 0.25) is 0 Å². The van der Waals surface area contributed by atoms with Crippen LogP contribution in [0.4, 0.5) is 5.69 Å². The van der Waals surface area contributed by atoms with E-state index in [-0.39, 0.29) is 5.56 Å². The predicted molar refractivity (Wildman–Crippen MR) is 90.6 cm³/mol. The third-order valence-corrected chi connectivity index (χ3v) is 3.61. The molecule has 2 rings (SSSR count). The van der Waals surface area contributed by atoms with Gasteiger partial charge in [-0.05, 0) is 50.1 Å². The standard InChI is InChI=1S/C19H18N2O3/c1-12-6-4-7-13(2)17(12)21-18(22)14(3)24-19(23)16-9-5-8-15(10-16)11-20/h4-10,14H,1-3H3,(H,21,22)/t14-/m1/s1. The Morgan fingerprint density at radius 1 is 1.12 bits per heavy atom. The highest BCUT2D eigenvalue weighted by atomic mass is 16.5. The van der Waals surface area contributed by atoms with Gasteiger partial charge in [0.2, 0.25) is 0 Å². The number of benzene rings is 2. The third kappa shape index (κ3) is 3.99. The zero-order chi connectivity index (χ0) is 17.7. The topological polar surface area (TPSA) is 79.2 Å². The Morgan fingerprint density at radius 2 is 1.75 bits per heavy atom. The second-order valence-electron chi connectivity index (χ2n) is 5.50. The average Bonchev–Trinajstić information content (AvgIpc) is 2.58. The number of anilines is 1. The van der Waals surface area contributed by atoms with E-state index in [1.807, 2.05) is 38.1 Å². The number of carbonyl (C=O) groups excluding carboxylic acids is 2. The summed E-state index contributed by atoms with van der Waals surface area (Å²) in [6.45, 7) is 5.30. The smallest absolute Gasteiger partial charge is 0.338 e. The second kappa shape index (κ2) is 7.42. The zero-order valence-electron chi connectivity index (χ0n) is 13.8. The van der Waals surface area contributed by atoms with Gasteiger partial charge in [-0.2, -0.15) is 5.26 Å². The van der Waals surface area contributed by atoms with Gasteiger partial charge in [0.1, 0.15) is 0 Å². The van der Waals surface area contributed by atoms with Gasteiger partial charge in [-0.1, -0.05) is 24.3 Å². The highest BCUT2D eigenvalue weighted by Gasteiger charge is 2.20. The first-order valence-corrected chi connectivity index (χ1v) is 7.50. The minimum absolute atomic E-state index is 0.237. The van der Waals surface area contributed by atoms with Crippen molar-refractivity contribution in [3.8, 4) is 6.07 Å². The SMILES string of the molecule is Cc1cccc(C)c1NC(=O)[C@@H](C)OC(=O)c1cccc(C#N)c1. The largest absolute Gasteiger partial charge is 0.449 e. The van der Waals surface area contributed by atoms with E-state index in [1.165, 1.54) is 13.0 Å². The summed E-state index contributed by atoms with van der Waals surface area (Å²) in [6, 6.07) is 13.8. The van der Waals surface area contributed by atoms with E-state index in [0.717, 1.165) is 16.8 Å². The van der Waals surface area contributed by atoms with Crippen LogP contribution in [0.5, 0.6) is 0 Å². The molecule has 0 unspecified atom stereocenters. The molecular formula is C19H18N2O3. The first-order valence-electron chi connectivity index (χ1n) is 7.50. The lowest BCUT2D eigenvalue weighted by atomic mass is 10.1. The molecule has 0 saturated heterocycles. The van der Waals surface area contributed by atoms with Crippen LogP contribution in [0, 0.1) is 25.2 Å². The Kier molecular flexibility index (Phi) is 5.33. The summed E-state index contributed by atoms with van der Waals surface area (Å²) < 4.78 is 5.19. The summed E-state index contributed by atoms with van der Waals surface area (Å²) in [5.41, 5.74) is 3.18. The van der Waals surface area contributed by atoms with Crippen molar-refractivity contribution in [2.45, 2.75) is 26.9 Å². The zero-order valence-corrected chi connectivity index (χ0v) is 13.8. The van der Waals surface area contributed by atoms with Gasteiger partial charge in [0.25, 0.3) is 5.91 Å². The van der Waals surface area contributed by atoms with Crippen molar-refractivity contribution >= 4 is 17.6 Å². The van der Waals surface area contributed by atoms with E-state index >= 15 is 0 Å². The molecule has 0 aliphatic carbocycles. The van der Waals surface area contributed by atoms with Crippen LogP contribution in [0.15, 0.2) is 42.5 Å². The molecule has 24 heavy (non-hydrogen) atoms. The molecule has 0 aliphatic heterocycles. The van der Waals surface area contributed by atoms with Gasteiger partial charge >= 0.3 is 5.97 Å². The van der Waals surface area contributed by atoms with Crippen LogP contribution >= 0.6 is 0 Å². The van der Waals surface area contributed by atoms with E-state index in [2.05, 4.69) is 5.32 Å². The van der Waals surface area contributed by atoms with Crippen LogP contribution in [-0.4, -0.2) is 18.0 Å². The lowest BCUT2D eigenvalue weighted by Gasteiger charge is -2.16. The van der Waals surface area contributed by atoms with Crippen LogP contribution in [0.3, 0.4) is 0 Å². The number of nitrogens with one attached hydrogen (secondary N) is 1. The number of hydrogen-bond acceptors (Lipinski definition) is 4. The van der Waals surface area contributed by atoms with E-state index in [9.17, 15) is 9.59 Å². The van der Waals surface area contributed by atoms with Gasteiger partial charge in [0, 0.05) is 5.69 Å².